The van der Waals surface area contributed by atoms with E-state index < -0.39 is 40.3 Å². The molecule has 3 rings (SSSR count). The predicted molar refractivity (Wildman–Crippen MR) is 105 cm³/mol. The minimum atomic E-state index is -4.90. The van der Waals surface area contributed by atoms with Gasteiger partial charge in [0, 0.05) is 5.69 Å². The zero-order chi connectivity index (χ0) is 24.4. The molecule has 2 aromatic carbocycles. The highest BCUT2D eigenvalue weighted by molar-refractivity contribution is 6.33. The van der Waals surface area contributed by atoms with Gasteiger partial charge in [-0.3, -0.25) is 10.1 Å². The Hall–Kier alpha value is -3.81. The van der Waals surface area contributed by atoms with E-state index in [1.807, 2.05) is 0 Å². The van der Waals surface area contributed by atoms with E-state index in [0.29, 0.717) is 6.07 Å². The molecular formula is C18H10ClF6N5O3. The lowest BCUT2D eigenvalue weighted by atomic mass is 10.2. The number of nitrogens with zero attached hydrogens (tertiary/aromatic N) is 3. The monoisotopic (exact) mass is 493 g/mol. The van der Waals surface area contributed by atoms with Gasteiger partial charge in [-0.25, -0.2) is 9.97 Å². The lowest BCUT2D eigenvalue weighted by molar-refractivity contribution is -0.383. The number of hydrogen-bond donors (Lipinski definition) is 2. The van der Waals surface area contributed by atoms with Crippen molar-refractivity contribution in [1.29, 1.82) is 0 Å². The number of ether oxygens (including phenoxy) is 1. The maximum absolute atomic E-state index is 13.0. The van der Waals surface area contributed by atoms with E-state index in [1.54, 1.807) is 0 Å². The molecule has 1 heterocycles. The van der Waals surface area contributed by atoms with Gasteiger partial charge in [0.1, 0.15) is 12.1 Å². The van der Waals surface area contributed by atoms with Crippen molar-refractivity contribution in [2.45, 2.75) is 12.5 Å². The van der Waals surface area contributed by atoms with Gasteiger partial charge in [0.15, 0.2) is 0 Å². The molecule has 3 aromatic rings. The van der Waals surface area contributed by atoms with E-state index >= 15 is 0 Å². The van der Waals surface area contributed by atoms with Crippen LogP contribution in [-0.4, -0.2) is 21.3 Å². The molecular weight excluding hydrogens is 484 g/mol. The molecule has 0 fully saturated rings. The maximum Gasteiger partial charge on any atom is 0.573 e. The Balaban J connectivity index is 1.92. The van der Waals surface area contributed by atoms with Gasteiger partial charge in [-0.2, -0.15) is 13.2 Å². The van der Waals surface area contributed by atoms with Crippen LogP contribution in [0.1, 0.15) is 5.56 Å². The first-order valence-electron chi connectivity index (χ1n) is 8.59. The van der Waals surface area contributed by atoms with Crippen LogP contribution in [-0.2, 0) is 6.18 Å². The minimum absolute atomic E-state index is 0.106. The highest BCUT2D eigenvalue weighted by atomic mass is 35.5. The molecule has 0 saturated carbocycles. The van der Waals surface area contributed by atoms with Crippen molar-refractivity contribution >= 4 is 40.3 Å². The van der Waals surface area contributed by atoms with Crippen molar-refractivity contribution in [2.75, 3.05) is 10.6 Å². The molecule has 1 aromatic heterocycles. The Kier molecular flexibility index (Phi) is 6.48. The molecule has 0 aliphatic rings. The molecule has 8 nitrogen and oxygen atoms in total. The summed E-state index contributed by atoms with van der Waals surface area (Å²) < 4.78 is 79.5. The topological polar surface area (TPSA) is 102 Å². The van der Waals surface area contributed by atoms with Gasteiger partial charge in [0.05, 0.1) is 21.2 Å². The Morgan fingerprint density at radius 1 is 0.939 bits per heavy atom. The molecule has 0 amide bonds. The van der Waals surface area contributed by atoms with Gasteiger partial charge < -0.3 is 15.4 Å². The molecule has 0 spiro atoms. The van der Waals surface area contributed by atoms with Crippen LogP contribution in [0.5, 0.6) is 5.75 Å². The summed E-state index contributed by atoms with van der Waals surface area (Å²) in [5.41, 5.74) is -1.99. The first kappa shape index (κ1) is 23.8. The Labute approximate surface area is 185 Å². The van der Waals surface area contributed by atoms with Gasteiger partial charge >= 0.3 is 18.2 Å². The molecule has 2 N–H and O–H groups in total. The SMILES string of the molecule is O=[N+]([O-])c1c(Nc2ccc(OC(F)(F)F)cc2)ncnc1Nc1cc(C(F)(F)F)ccc1Cl. The standard InChI is InChI=1S/C18H10ClF6N5O3/c19-12-6-1-9(17(20,21)22)7-13(12)29-16-14(30(31)32)15(26-8-27-16)28-10-2-4-11(5-3-10)33-18(23,24)25/h1-8H,(H2,26,27,28,29). The average Bonchev–Trinajstić information content (AvgIpc) is 2.69. The van der Waals surface area contributed by atoms with Crippen LogP contribution in [0.25, 0.3) is 0 Å². The molecule has 33 heavy (non-hydrogen) atoms. The van der Waals surface area contributed by atoms with E-state index in [-0.39, 0.29) is 22.2 Å². The molecule has 174 valence electrons. The van der Waals surface area contributed by atoms with Crippen LogP contribution in [0, 0.1) is 10.1 Å². The lowest BCUT2D eigenvalue weighted by Crippen LogP contribution is -2.17. The number of nitro groups is 1. The second kappa shape index (κ2) is 8.97. The van der Waals surface area contributed by atoms with E-state index in [2.05, 4.69) is 25.3 Å². The third-order valence-corrected chi connectivity index (χ3v) is 4.23. The molecule has 0 aliphatic heterocycles. The van der Waals surface area contributed by atoms with Crippen LogP contribution in [0.15, 0.2) is 48.8 Å². The Morgan fingerprint density at radius 2 is 1.55 bits per heavy atom. The largest absolute Gasteiger partial charge is 0.573 e. The molecule has 0 unspecified atom stereocenters. The van der Waals surface area contributed by atoms with Crippen molar-refractivity contribution in [2.24, 2.45) is 0 Å². The molecule has 0 radical (unpaired) electrons. The van der Waals surface area contributed by atoms with Crippen LogP contribution in [0.2, 0.25) is 5.02 Å². The van der Waals surface area contributed by atoms with E-state index in [9.17, 15) is 36.5 Å². The van der Waals surface area contributed by atoms with E-state index in [4.69, 9.17) is 11.6 Å². The highest BCUT2D eigenvalue weighted by Crippen LogP contribution is 2.38. The van der Waals surface area contributed by atoms with E-state index in [0.717, 1.165) is 42.7 Å². The summed E-state index contributed by atoms with van der Waals surface area (Å²) in [6, 6.07) is 6.56. The normalized spacial score (nSPS) is 11.7. The number of anilines is 4. The van der Waals surface area contributed by atoms with Crippen LogP contribution < -0.4 is 15.4 Å². The lowest BCUT2D eigenvalue weighted by Gasteiger charge is -2.13. The Bertz CT molecular complexity index is 1170. The second-order valence-corrected chi connectivity index (χ2v) is 6.60. The van der Waals surface area contributed by atoms with Crippen LogP contribution in [0.4, 0.5) is 55.0 Å². The van der Waals surface area contributed by atoms with Gasteiger partial charge in [0.25, 0.3) is 0 Å². The molecule has 15 heteroatoms. The first-order chi connectivity index (χ1) is 15.3. The molecule has 0 aliphatic carbocycles. The number of alkyl halides is 6. The summed E-state index contributed by atoms with van der Waals surface area (Å²) in [5.74, 6) is -1.38. The number of benzene rings is 2. The quantitative estimate of drug-likeness (QED) is 0.231. The van der Waals surface area contributed by atoms with Crippen molar-refractivity contribution in [3.8, 4) is 5.75 Å². The van der Waals surface area contributed by atoms with Crippen LogP contribution >= 0.6 is 11.6 Å². The number of hydrogen-bond acceptors (Lipinski definition) is 7. The summed E-state index contributed by atoms with van der Waals surface area (Å²) in [6.07, 6.45) is -8.70. The highest BCUT2D eigenvalue weighted by Gasteiger charge is 2.32. The smallest absolute Gasteiger partial charge is 0.406 e. The van der Waals surface area contributed by atoms with Gasteiger partial charge in [-0.05, 0) is 42.5 Å². The maximum atomic E-state index is 13.0. The number of nitrogens with one attached hydrogen (secondary N) is 2. The zero-order valence-corrected chi connectivity index (χ0v) is 16.6. The molecule has 0 atom stereocenters. The predicted octanol–water partition coefficient (Wildman–Crippen LogP) is 6.44. The number of halogens is 7. The van der Waals surface area contributed by atoms with Crippen molar-refractivity contribution < 1.29 is 36.0 Å². The molecule has 0 bridgehead atoms. The molecule has 0 saturated heterocycles. The fraction of sp³-hybridized carbons (Fsp3) is 0.111. The van der Waals surface area contributed by atoms with E-state index in [1.165, 1.54) is 0 Å². The Morgan fingerprint density at radius 3 is 2.09 bits per heavy atom. The fourth-order valence-corrected chi connectivity index (χ4v) is 2.70. The van der Waals surface area contributed by atoms with Gasteiger partial charge in [0.2, 0.25) is 11.6 Å². The summed E-state index contributed by atoms with van der Waals surface area (Å²) in [4.78, 5) is 18.2. The minimum Gasteiger partial charge on any atom is -0.406 e. The first-order valence-corrected chi connectivity index (χ1v) is 8.97. The van der Waals surface area contributed by atoms with Crippen LogP contribution in [0.3, 0.4) is 0 Å². The van der Waals surface area contributed by atoms with Gasteiger partial charge in [-0.15, -0.1) is 13.2 Å². The summed E-state index contributed by atoms with van der Waals surface area (Å²) in [7, 11) is 0. The van der Waals surface area contributed by atoms with Crippen molar-refractivity contribution in [3.63, 3.8) is 0 Å². The zero-order valence-electron chi connectivity index (χ0n) is 15.8. The van der Waals surface area contributed by atoms with Crippen molar-refractivity contribution in [1.82, 2.24) is 9.97 Å². The summed E-state index contributed by atoms with van der Waals surface area (Å²) in [5, 5.41) is 16.4. The summed E-state index contributed by atoms with van der Waals surface area (Å²) >= 11 is 5.91. The van der Waals surface area contributed by atoms with Gasteiger partial charge in [-0.1, -0.05) is 11.6 Å². The number of rotatable bonds is 6. The third-order valence-electron chi connectivity index (χ3n) is 3.90. The number of aromatic nitrogens is 2. The second-order valence-electron chi connectivity index (χ2n) is 6.19. The summed E-state index contributed by atoms with van der Waals surface area (Å²) in [6.45, 7) is 0. The average molecular weight is 494 g/mol. The fourth-order valence-electron chi connectivity index (χ4n) is 2.54. The third kappa shape index (κ3) is 6.12. The van der Waals surface area contributed by atoms with Crippen molar-refractivity contribution in [3.05, 3.63) is 69.5 Å².